The fourth-order valence-electron chi connectivity index (χ4n) is 3.86. The van der Waals surface area contributed by atoms with Gasteiger partial charge in [0.05, 0.1) is 11.6 Å². The van der Waals surface area contributed by atoms with Crippen LogP contribution in [-0.4, -0.2) is 40.1 Å². The maximum atomic E-state index is 12.8. The third kappa shape index (κ3) is 2.02. The highest BCUT2D eigenvalue weighted by Crippen LogP contribution is 2.38. The molecule has 1 saturated carbocycles. The molecule has 2 fully saturated rings. The Morgan fingerprint density at radius 1 is 1.19 bits per heavy atom. The topological polar surface area (TPSA) is 53.4 Å². The number of hydrogen-bond donors (Lipinski definition) is 1. The number of pyridine rings is 1. The Morgan fingerprint density at radius 3 is 2.95 bits per heavy atom. The molecule has 3 unspecified atom stereocenters. The maximum Gasteiger partial charge on any atom is 0.254 e. The van der Waals surface area contributed by atoms with Crippen molar-refractivity contribution in [1.82, 2.24) is 9.88 Å². The van der Waals surface area contributed by atoms with Crippen LogP contribution in [-0.2, 0) is 0 Å². The molecular weight excluding hydrogens is 264 g/mol. The van der Waals surface area contributed by atoms with Gasteiger partial charge in [-0.2, -0.15) is 0 Å². The smallest absolute Gasteiger partial charge is 0.254 e. The molecule has 3 atom stereocenters. The second-order valence-electron chi connectivity index (χ2n) is 6.15. The summed E-state index contributed by atoms with van der Waals surface area (Å²) in [5.41, 5.74) is 1.57. The van der Waals surface area contributed by atoms with E-state index < -0.39 is 0 Å². The van der Waals surface area contributed by atoms with Crippen molar-refractivity contribution in [2.45, 2.75) is 18.9 Å². The number of rotatable bonds is 1. The van der Waals surface area contributed by atoms with Gasteiger partial charge < -0.3 is 10.0 Å². The van der Waals surface area contributed by atoms with Crippen molar-refractivity contribution in [3.63, 3.8) is 0 Å². The van der Waals surface area contributed by atoms with Gasteiger partial charge in [-0.1, -0.05) is 12.1 Å². The van der Waals surface area contributed by atoms with E-state index in [0.29, 0.717) is 12.5 Å². The zero-order valence-electron chi connectivity index (χ0n) is 11.8. The monoisotopic (exact) mass is 282 g/mol. The van der Waals surface area contributed by atoms with Crippen LogP contribution in [0.1, 0.15) is 23.2 Å². The minimum absolute atomic E-state index is 0.0650. The second-order valence-corrected chi connectivity index (χ2v) is 6.15. The summed E-state index contributed by atoms with van der Waals surface area (Å²) in [5, 5.41) is 10.9. The Labute approximate surface area is 123 Å². The standard InChI is InChI=1S/C17H18N2O2/c20-16-7-6-11-9-19(10-14(11)16)17(21)13-3-1-5-15-12(13)4-2-8-18-15/h1-5,8,11,14,16,20H,6-7,9-10H2. The first-order valence-corrected chi connectivity index (χ1v) is 7.55. The van der Waals surface area contributed by atoms with Gasteiger partial charge in [-0.05, 0) is 37.0 Å². The number of aliphatic hydroxyl groups excluding tert-OH is 1. The Morgan fingerprint density at radius 2 is 2.10 bits per heavy atom. The number of hydrogen-bond acceptors (Lipinski definition) is 3. The van der Waals surface area contributed by atoms with Gasteiger partial charge in [0, 0.05) is 36.2 Å². The molecule has 21 heavy (non-hydrogen) atoms. The molecule has 2 aliphatic rings. The average Bonchev–Trinajstić information content (AvgIpc) is 3.08. The molecule has 1 aliphatic heterocycles. The van der Waals surface area contributed by atoms with Crippen molar-refractivity contribution in [1.29, 1.82) is 0 Å². The summed E-state index contributed by atoms with van der Waals surface area (Å²) in [6, 6.07) is 9.49. The van der Waals surface area contributed by atoms with Gasteiger partial charge >= 0.3 is 0 Å². The molecule has 108 valence electrons. The number of aliphatic hydroxyl groups is 1. The summed E-state index contributed by atoms with van der Waals surface area (Å²) < 4.78 is 0. The Kier molecular flexibility index (Phi) is 2.93. The largest absolute Gasteiger partial charge is 0.393 e. The molecule has 2 heterocycles. The second kappa shape index (κ2) is 4.81. The van der Waals surface area contributed by atoms with E-state index in [1.807, 2.05) is 35.2 Å². The molecule has 4 heteroatoms. The van der Waals surface area contributed by atoms with E-state index in [1.54, 1.807) is 6.20 Å². The van der Waals surface area contributed by atoms with Crippen molar-refractivity contribution in [3.8, 4) is 0 Å². The zero-order chi connectivity index (χ0) is 14.4. The predicted octanol–water partition coefficient (Wildman–Crippen LogP) is 2.08. The minimum Gasteiger partial charge on any atom is -0.393 e. The number of aromatic nitrogens is 1. The molecular formula is C17H18N2O2. The zero-order valence-corrected chi connectivity index (χ0v) is 11.8. The SMILES string of the molecule is O=C(c1cccc2ncccc12)N1CC2CCC(O)C2C1. The summed E-state index contributed by atoms with van der Waals surface area (Å²) in [4.78, 5) is 19.0. The van der Waals surface area contributed by atoms with E-state index in [0.717, 1.165) is 35.9 Å². The molecule has 1 amide bonds. The van der Waals surface area contributed by atoms with E-state index in [2.05, 4.69) is 4.98 Å². The van der Waals surface area contributed by atoms with E-state index in [9.17, 15) is 9.90 Å². The first kappa shape index (κ1) is 12.8. The van der Waals surface area contributed by atoms with Crippen LogP contribution in [0.4, 0.5) is 0 Å². The van der Waals surface area contributed by atoms with Gasteiger partial charge in [0.1, 0.15) is 0 Å². The third-order valence-corrected chi connectivity index (χ3v) is 4.98. The molecule has 1 aromatic heterocycles. The van der Waals surface area contributed by atoms with Crippen molar-refractivity contribution < 1.29 is 9.90 Å². The van der Waals surface area contributed by atoms with Crippen LogP contribution in [0.5, 0.6) is 0 Å². The molecule has 4 nitrogen and oxygen atoms in total. The minimum atomic E-state index is -0.234. The van der Waals surface area contributed by atoms with Gasteiger partial charge in [-0.3, -0.25) is 9.78 Å². The quantitative estimate of drug-likeness (QED) is 0.871. The normalized spacial score (nSPS) is 28.0. The van der Waals surface area contributed by atoms with Crippen molar-refractivity contribution in [2.24, 2.45) is 11.8 Å². The third-order valence-electron chi connectivity index (χ3n) is 4.98. The van der Waals surface area contributed by atoms with Gasteiger partial charge in [0.15, 0.2) is 0 Å². The molecule has 1 saturated heterocycles. The Hall–Kier alpha value is -1.94. The molecule has 0 bridgehead atoms. The lowest BCUT2D eigenvalue weighted by Gasteiger charge is -2.19. The van der Waals surface area contributed by atoms with Gasteiger partial charge in [0.2, 0.25) is 0 Å². The van der Waals surface area contributed by atoms with Crippen LogP contribution in [0.3, 0.4) is 0 Å². The summed E-state index contributed by atoms with van der Waals surface area (Å²) in [7, 11) is 0. The van der Waals surface area contributed by atoms with Crippen LogP contribution in [0.25, 0.3) is 10.9 Å². The predicted molar refractivity (Wildman–Crippen MR) is 79.9 cm³/mol. The lowest BCUT2D eigenvalue weighted by atomic mass is 10.00. The summed E-state index contributed by atoms with van der Waals surface area (Å²) in [6.45, 7) is 1.46. The van der Waals surface area contributed by atoms with Gasteiger partial charge in [-0.15, -0.1) is 0 Å². The molecule has 1 aliphatic carbocycles. The van der Waals surface area contributed by atoms with E-state index in [-0.39, 0.29) is 17.9 Å². The lowest BCUT2D eigenvalue weighted by molar-refractivity contribution is 0.0754. The highest BCUT2D eigenvalue weighted by Gasteiger charge is 2.43. The fraction of sp³-hybridized carbons (Fsp3) is 0.412. The molecule has 1 aromatic carbocycles. The van der Waals surface area contributed by atoms with E-state index in [1.165, 1.54) is 0 Å². The first-order chi connectivity index (χ1) is 10.2. The highest BCUT2D eigenvalue weighted by atomic mass is 16.3. The van der Waals surface area contributed by atoms with Crippen molar-refractivity contribution >= 4 is 16.8 Å². The van der Waals surface area contributed by atoms with Crippen LogP contribution in [0.15, 0.2) is 36.5 Å². The number of carbonyl (C=O) groups excluding carboxylic acids is 1. The Bertz CT molecular complexity index is 695. The highest BCUT2D eigenvalue weighted by molar-refractivity contribution is 6.06. The molecule has 4 rings (SSSR count). The lowest BCUT2D eigenvalue weighted by Crippen LogP contribution is -2.31. The number of fused-ring (bicyclic) bond motifs is 2. The number of carbonyl (C=O) groups is 1. The maximum absolute atomic E-state index is 12.8. The van der Waals surface area contributed by atoms with Crippen LogP contribution in [0, 0.1) is 11.8 Å². The van der Waals surface area contributed by atoms with Crippen molar-refractivity contribution in [2.75, 3.05) is 13.1 Å². The van der Waals surface area contributed by atoms with Crippen LogP contribution >= 0.6 is 0 Å². The fourth-order valence-corrected chi connectivity index (χ4v) is 3.86. The van der Waals surface area contributed by atoms with Crippen LogP contribution < -0.4 is 0 Å². The molecule has 1 N–H and O–H groups in total. The number of nitrogens with zero attached hydrogens (tertiary/aromatic N) is 2. The van der Waals surface area contributed by atoms with Gasteiger partial charge in [0.25, 0.3) is 5.91 Å². The van der Waals surface area contributed by atoms with E-state index >= 15 is 0 Å². The summed E-state index contributed by atoms with van der Waals surface area (Å²) >= 11 is 0. The van der Waals surface area contributed by atoms with Crippen LogP contribution in [0.2, 0.25) is 0 Å². The molecule has 0 radical (unpaired) electrons. The molecule has 2 aromatic rings. The summed E-state index contributed by atoms with van der Waals surface area (Å²) in [6.07, 6.45) is 3.43. The number of benzene rings is 1. The Balaban J connectivity index is 1.66. The van der Waals surface area contributed by atoms with Gasteiger partial charge in [-0.25, -0.2) is 0 Å². The molecule has 0 spiro atoms. The van der Waals surface area contributed by atoms with Crippen molar-refractivity contribution in [3.05, 3.63) is 42.1 Å². The average molecular weight is 282 g/mol. The number of amides is 1. The number of likely N-dealkylation sites (tertiary alicyclic amines) is 1. The van der Waals surface area contributed by atoms with E-state index in [4.69, 9.17) is 0 Å². The summed E-state index contributed by atoms with van der Waals surface area (Å²) in [5.74, 6) is 0.800. The first-order valence-electron chi connectivity index (χ1n) is 7.55.